The number of anilines is 5. The Morgan fingerprint density at radius 2 is 0.932 bits per heavy atom. The Morgan fingerprint density at radius 1 is 0.419 bits per heavy atom. The van der Waals surface area contributed by atoms with Crippen LogP contribution >= 0.6 is 0 Å². The molecular weight excluding hydrogens is 897 g/mol. The minimum Gasteiger partial charge on any atom is -0.334 e. The van der Waals surface area contributed by atoms with E-state index in [-0.39, 0.29) is 6.04 Å². The van der Waals surface area contributed by atoms with E-state index in [9.17, 15) is 0 Å². The van der Waals surface area contributed by atoms with Crippen LogP contribution in [0, 0.1) is 0 Å². The number of aromatic nitrogens is 2. The maximum absolute atomic E-state index is 4.10. The monoisotopic (exact) mass is 950 g/mol. The van der Waals surface area contributed by atoms with Gasteiger partial charge in [-0.15, -0.1) is 0 Å². The Morgan fingerprint density at radius 3 is 1.51 bits per heavy atom. The number of hydrogen-bond acceptors (Lipinski definition) is 2. The third kappa shape index (κ3) is 7.98. The molecule has 2 aliphatic carbocycles. The molecule has 2 aliphatic rings. The van der Waals surface area contributed by atoms with Crippen LogP contribution < -0.4 is 9.80 Å². The lowest BCUT2D eigenvalue weighted by Crippen LogP contribution is -2.29. The Labute approximate surface area is 433 Å². The molecule has 1 unspecified atom stereocenters. The highest BCUT2D eigenvalue weighted by Crippen LogP contribution is 2.43. The van der Waals surface area contributed by atoms with Gasteiger partial charge < -0.3 is 18.9 Å². The molecule has 0 amide bonds. The number of benzene rings is 9. The number of fused-ring (bicyclic) bond motifs is 6. The van der Waals surface area contributed by atoms with Crippen LogP contribution in [0.25, 0.3) is 77.8 Å². The van der Waals surface area contributed by atoms with Gasteiger partial charge in [0, 0.05) is 61.4 Å². The van der Waals surface area contributed by atoms with Crippen LogP contribution in [-0.2, 0) is 0 Å². The Balaban J connectivity index is 0.863. The highest BCUT2D eigenvalue weighted by atomic mass is 15.2. The summed E-state index contributed by atoms with van der Waals surface area (Å²) in [5.74, 6) is 0. The predicted molar refractivity (Wildman–Crippen MR) is 316 cm³/mol. The Bertz CT molecular complexity index is 4050. The molecule has 2 aromatic heterocycles. The van der Waals surface area contributed by atoms with Crippen LogP contribution in [-0.4, -0.2) is 15.2 Å². The summed E-state index contributed by atoms with van der Waals surface area (Å²) in [6.45, 7) is 8.12. The molecule has 4 nitrogen and oxygen atoms in total. The molecule has 0 aliphatic heterocycles. The summed E-state index contributed by atoms with van der Waals surface area (Å²) >= 11 is 0. The molecule has 9 aromatic carbocycles. The van der Waals surface area contributed by atoms with E-state index in [1.54, 1.807) is 0 Å². The number of rotatable bonds is 12. The van der Waals surface area contributed by atoms with Crippen molar-refractivity contribution in [2.75, 3.05) is 9.80 Å². The summed E-state index contributed by atoms with van der Waals surface area (Å²) in [6, 6.07) is 78.0. The van der Waals surface area contributed by atoms with Crippen LogP contribution in [0.3, 0.4) is 0 Å². The summed E-state index contributed by atoms with van der Waals surface area (Å²) in [5, 5.41) is 4.88. The third-order valence-electron chi connectivity index (χ3n) is 15.0. The molecular formula is C70H54N4. The van der Waals surface area contributed by atoms with Gasteiger partial charge in [0.2, 0.25) is 0 Å². The standard InChI is InChI=1S/C70H54N4/c1-3-49-25-28-53(29-26-49)54-34-42-68-64(46-54)66-48-62(40-44-70(66)74(68)58-23-15-8-16-24-58)72(56-19-11-6-12-20-56)60-37-32-52(33-38-60)51-30-35-59(36-31-51)71(55-17-9-5-10-18-55)61-39-43-69-65(47-61)63-45-50(4-2)27-41-67(63)73(69)57-21-13-7-14-22-57/h3-17,19-25,27-28,30-48,55H,1-2,18,26,29H2. The van der Waals surface area contributed by atoms with Crippen molar-refractivity contribution in [3.63, 3.8) is 0 Å². The van der Waals surface area contributed by atoms with Crippen LogP contribution in [0.15, 0.2) is 274 Å². The highest BCUT2D eigenvalue weighted by Gasteiger charge is 2.23. The molecule has 0 saturated carbocycles. The molecule has 13 rings (SSSR count). The van der Waals surface area contributed by atoms with Gasteiger partial charge in [-0.1, -0.05) is 153 Å². The first-order chi connectivity index (χ1) is 36.6. The minimum atomic E-state index is 0.159. The van der Waals surface area contributed by atoms with Crippen molar-refractivity contribution in [3.8, 4) is 22.5 Å². The van der Waals surface area contributed by atoms with Crippen molar-refractivity contribution < 1.29 is 0 Å². The average Bonchev–Trinajstić information content (AvgIpc) is 3.98. The van der Waals surface area contributed by atoms with Crippen LogP contribution in [0.1, 0.15) is 30.4 Å². The second-order valence-corrected chi connectivity index (χ2v) is 19.3. The van der Waals surface area contributed by atoms with E-state index in [0.717, 1.165) is 70.2 Å². The number of hydrogen-bond donors (Lipinski definition) is 0. The van der Waals surface area contributed by atoms with E-state index in [4.69, 9.17) is 0 Å². The maximum atomic E-state index is 4.10. The molecule has 1 atom stereocenters. The lowest BCUT2D eigenvalue weighted by atomic mass is 9.92. The average molecular weight is 951 g/mol. The van der Waals surface area contributed by atoms with Gasteiger partial charge in [-0.25, -0.2) is 0 Å². The quantitative estimate of drug-likeness (QED) is 0.121. The first kappa shape index (κ1) is 44.6. The smallest absolute Gasteiger partial charge is 0.0559 e. The molecule has 0 radical (unpaired) electrons. The van der Waals surface area contributed by atoms with Gasteiger partial charge in [0.05, 0.1) is 28.1 Å². The Hall–Kier alpha value is -9.38. The summed E-state index contributed by atoms with van der Waals surface area (Å²) in [5.41, 5.74) is 20.0. The third-order valence-corrected chi connectivity index (χ3v) is 15.0. The van der Waals surface area contributed by atoms with Crippen molar-refractivity contribution in [1.29, 1.82) is 0 Å². The molecule has 0 N–H and O–H groups in total. The molecule has 11 aromatic rings. The van der Waals surface area contributed by atoms with E-state index >= 15 is 0 Å². The van der Waals surface area contributed by atoms with Gasteiger partial charge in [-0.2, -0.15) is 0 Å². The summed E-state index contributed by atoms with van der Waals surface area (Å²) in [6.07, 6.45) is 20.2. The fourth-order valence-corrected chi connectivity index (χ4v) is 11.4. The van der Waals surface area contributed by atoms with Gasteiger partial charge in [0.1, 0.15) is 0 Å². The minimum absolute atomic E-state index is 0.159. The van der Waals surface area contributed by atoms with Gasteiger partial charge in [-0.05, 0) is 174 Å². The lowest BCUT2D eigenvalue weighted by Gasteiger charge is -2.33. The predicted octanol–water partition coefficient (Wildman–Crippen LogP) is 19.0. The topological polar surface area (TPSA) is 16.3 Å². The zero-order valence-electron chi connectivity index (χ0n) is 41.2. The van der Waals surface area contributed by atoms with Crippen molar-refractivity contribution in [2.24, 2.45) is 0 Å². The van der Waals surface area contributed by atoms with E-state index in [0.29, 0.717) is 0 Å². The largest absolute Gasteiger partial charge is 0.334 e. The van der Waals surface area contributed by atoms with Gasteiger partial charge in [-0.3, -0.25) is 0 Å². The second kappa shape index (κ2) is 19.0. The first-order valence-corrected chi connectivity index (χ1v) is 25.7. The molecule has 74 heavy (non-hydrogen) atoms. The number of allylic oxidation sites excluding steroid dienone is 7. The zero-order valence-corrected chi connectivity index (χ0v) is 41.2. The highest BCUT2D eigenvalue weighted by molar-refractivity contribution is 6.12. The SMILES string of the molecule is C=CC1=CC=C(c2ccc3c(c2)c2cc(N(c4ccccc4)c4ccc(-c5ccc(N(c6ccc7c(c6)c6cc(C=C)ccc6n7-c6ccccc6)C6C=CC=CC6)cc5)cc4)ccc2n3-c2ccccc2)CC1. The Kier molecular flexibility index (Phi) is 11.4. The van der Waals surface area contributed by atoms with Crippen molar-refractivity contribution in [3.05, 3.63) is 285 Å². The summed E-state index contributed by atoms with van der Waals surface area (Å²) < 4.78 is 4.78. The van der Waals surface area contributed by atoms with E-state index in [1.807, 2.05) is 12.2 Å². The molecule has 0 bridgehead atoms. The summed E-state index contributed by atoms with van der Waals surface area (Å²) in [7, 11) is 0. The fourth-order valence-electron chi connectivity index (χ4n) is 11.4. The molecule has 0 saturated heterocycles. The maximum Gasteiger partial charge on any atom is 0.0559 e. The molecule has 0 spiro atoms. The summed E-state index contributed by atoms with van der Waals surface area (Å²) in [4.78, 5) is 4.87. The van der Waals surface area contributed by atoms with Crippen molar-refractivity contribution in [1.82, 2.24) is 9.13 Å². The van der Waals surface area contributed by atoms with E-state index in [2.05, 4.69) is 281 Å². The van der Waals surface area contributed by atoms with E-state index in [1.165, 1.54) is 65.9 Å². The lowest BCUT2D eigenvalue weighted by molar-refractivity contribution is 0.785. The first-order valence-electron chi connectivity index (χ1n) is 25.7. The van der Waals surface area contributed by atoms with Gasteiger partial charge >= 0.3 is 0 Å². The molecule has 2 heterocycles. The fraction of sp³-hybridized carbons (Fsp3) is 0.0571. The van der Waals surface area contributed by atoms with Crippen LogP contribution in [0.2, 0.25) is 0 Å². The van der Waals surface area contributed by atoms with Crippen LogP contribution in [0.5, 0.6) is 0 Å². The number of nitrogens with zero attached hydrogens (tertiary/aromatic N) is 4. The van der Waals surface area contributed by atoms with Crippen LogP contribution in [0.4, 0.5) is 28.4 Å². The second-order valence-electron chi connectivity index (χ2n) is 19.3. The van der Waals surface area contributed by atoms with E-state index < -0.39 is 0 Å². The molecule has 4 heteroatoms. The molecule has 354 valence electrons. The molecule has 0 fully saturated rings. The van der Waals surface area contributed by atoms with Gasteiger partial charge in [0.25, 0.3) is 0 Å². The zero-order chi connectivity index (χ0) is 49.5. The number of para-hydroxylation sites is 3. The van der Waals surface area contributed by atoms with Gasteiger partial charge in [0.15, 0.2) is 0 Å². The van der Waals surface area contributed by atoms with Crippen molar-refractivity contribution in [2.45, 2.75) is 25.3 Å². The van der Waals surface area contributed by atoms with Crippen molar-refractivity contribution >= 4 is 83.7 Å². The normalized spacial score (nSPS) is 14.4.